The van der Waals surface area contributed by atoms with E-state index in [2.05, 4.69) is 34.5 Å². The molecule has 1 saturated carbocycles. The third-order valence-electron chi connectivity index (χ3n) is 7.26. The SMILES string of the molecule is CC(=O)OC[C@H]1[C@H]2C[C@@H]3N(CC[C@@]34c3ccccc3N[C@@H]14)C/C2=C\CO. The lowest BCUT2D eigenvalue weighted by Crippen LogP contribution is -2.62. The molecule has 5 rings (SSSR count). The third kappa shape index (κ3) is 2.07. The van der Waals surface area contributed by atoms with E-state index < -0.39 is 0 Å². The number of aliphatic hydroxyl groups is 1. The predicted octanol–water partition coefficient (Wildman–Crippen LogP) is 1.92. The van der Waals surface area contributed by atoms with Crippen LogP contribution in [0.1, 0.15) is 25.3 Å². The van der Waals surface area contributed by atoms with Crippen molar-refractivity contribution in [2.75, 3.05) is 31.6 Å². The highest BCUT2D eigenvalue weighted by Gasteiger charge is 2.65. The van der Waals surface area contributed by atoms with E-state index >= 15 is 0 Å². The number of para-hydroxylation sites is 1. The predicted molar refractivity (Wildman–Crippen MR) is 98.9 cm³/mol. The lowest BCUT2D eigenvalue weighted by Gasteiger charge is -2.54. The molecule has 2 N–H and O–H groups in total. The maximum Gasteiger partial charge on any atom is 0.302 e. The van der Waals surface area contributed by atoms with E-state index in [0.717, 1.165) is 25.9 Å². The zero-order valence-corrected chi connectivity index (χ0v) is 15.1. The maximum absolute atomic E-state index is 11.5. The second kappa shape index (κ2) is 5.83. The molecule has 4 aliphatic rings. The van der Waals surface area contributed by atoms with Crippen LogP contribution in [0.25, 0.3) is 0 Å². The van der Waals surface area contributed by atoms with Gasteiger partial charge in [0.1, 0.15) is 0 Å². The minimum absolute atomic E-state index is 0.0775. The zero-order chi connectivity index (χ0) is 17.9. The first-order chi connectivity index (χ1) is 12.6. The minimum atomic E-state index is -0.215. The van der Waals surface area contributed by atoms with Crippen LogP contribution in [0.3, 0.4) is 0 Å². The summed E-state index contributed by atoms with van der Waals surface area (Å²) in [7, 11) is 0. The molecule has 3 fully saturated rings. The lowest BCUT2D eigenvalue weighted by atomic mass is 9.56. The first-order valence-corrected chi connectivity index (χ1v) is 9.68. The summed E-state index contributed by atoms with van der Waals surface area (Å²) in [5, 5.41) is 13.3. The molecule has 5 atom stereocenters. The number of ether oxygens (including phenoxy) is 1. The lowest BCUT2D eigenvalue weighted by molar-refractivity contribution is -0.144. The summed E-state index contributed by atoms with van der Waals surface area (Å²) in [5.74, 6) is 0.384. The molecule has 1 aromatic rings. The number of benzene rings is 1. The average Bonchev–Trinajstić information content (AvgIpc) is 3.18. The molecule has 0 unspecified atom stereocenters. The van der Waals surface area contributed by atoms with E-state index in [0.29, 0.717) is 18.6 Å². The van der Waals surface area contributed by atoms with Gasteiger partial charge in [0.25, 0.3) is 0 Å². The fraction of sp³-hybridized carbons (Fsp3) is 0.571. The van der Waals surface area contributed by atoms with Crippen LogP contribution in [0, 0.1) is 11.8 Å². The summed E-state index contributed by atoms with van der Waals surface area (Å²) in [4.78, 5) is 14.1. The Labute approximate surface area is 154 Å². The molecular weight excluding hydrogens is 328 g/mol. The fourth-order valence-corrected chi connectivity index (χ4v) is 6.36. The van der Waals surface area contributed by atoms with E-state index in [1.54, 1.807) is 0 Å². The molecule has 3 aliphatic heterocycles. The van der Waals surface area contributed by atoms with Crippen molar-refractivity contribution in [3.8, 4) is 0 Å². The number of nitrogens with one attached hydrogen (secondary N) is 1. The molecule has 26 heavy (non-hydrogen) atoms. The summed E-state index contributed by atoms with van der Waals surface area (Å²) in [6.07, 6.45) is 4.21. The number of nitrogens with zero attached hydrogens (tertiary/aromatic N) is 1. The molecule has 0 aromatic heterocycles. The van der Waals surface area contributed by atoms with Gasteiger partial charge in [0, 0.05) is 42.6 Å². The Morgan fingerprint density at radius 2 is 2.31 bits per heavy atom. The number of rotatable bonds is 3. The Morgan fingerprint density at radius 1 is 1.46 bits per heavy atom. The van der Waals surface area contributed by atoms with Gasteiger partial charge in [-0.05, 0) is 36.9 Å². The van der Waals surface area contributed by atoms with E-state index in [4.69, 9.17) is 4.74 Å². The molecule has 5 heteroatoms. The van der Waals surface area contributed by atoms with Crippen LogP contribution in [0.2, 0.25) is 0 Å². The van der Waals surface area contributed by atoms with Crippen molar-refractivity contribution in [1.82, 2.24) is 4.90 Å². The van der Waals surface area contributed by atoms with Crippen molar-refractivity contribution >= 4 is 11.7 Å². The van der Waals surface area contributed by atoms with Gasteiger partial charge in [0.2, 0.25) is 0 Å². The summed E-state index contributed by atoms with van der Waals surface area (Å²) in [6, 6.07) is 9.51. The molecule has 1 aromatic carbocycles. The highest BCUT2D eigenvalue weighted by Crippen LogP contribution is 2.61. The van der Waals surface area contributed by atoms with Gasteiger partial charge in [0.05, 0.1) is 13.2 Å². The van der Waals surface area contributed by atoms with Crippen molar-refractivity contribution in [3.63, 3.8) is 0 Å². The number of carbonyl (C=O) groups excluding carboxylic acids is 1. The topological polar surface area (TPSA) is 61.8 Å². The largest absolute Gasteiger partial charge is 0.465 e. The van der Waals surface area contributed by atoms with Crippen molar-refractivity contribution in [3.05, 3.63) is 41.5 Å². The quantitative estimate of drug-likeness (QED) is 0.642. The standard InChI is InChI=1S/C21H26N2O3/c1-13(25)26-12-16-15-10-19-21(7-8-23(19)11-14(15)6-9-24)17-4-2-3-5-18(17)22-20(16)21/h2-6,15-16,19-20,22,24H,7-12H2,1H3/b14-6+/t15-,16-,19-,20-,21+/m0/s1. The number of carbonyl (C=O) groups is 1. The molecule has 1 aliphatic carbocycles. The molecule has 2 bridgehead atoms. The molecule has 2 saturated heterocycles. The van der Waals surface area contributed by atoms with Crippen molar-refractivity contribution < 1.29 is 14.6 Å². The van der Waals surface area contributed by atoms with E-state index in [9.17, 15) is 9.90 Å². The van der Waals surface area contributed by atoms with Gasteiger partial charge in [-0.25, -0.2) is 0 Å². The highest BCUT2D eigenvalue weighted by atomic mass is 16.5. The Kier molecular flexibility index (Phi) is 3.66. The normalized spacial score (nSPS) is 38.6. The van der Waals surface area contributed by atoms with Crippen LogP contribution in [-0.2, 0) is 14.9 Å². The molecule has 3 heterocycles. The Bertz CT molecular complexity index is 776. The first-order valence-electron chi connectivity index (χ1n) is 9.68. The smallest absolute Gasteiger partial charge is 0.302 e. The molecule has 138 valence electrons. The van der Waals surface area contributed by atoms with Crippen LogP contribution in [0.4, 0.5) is 5.69 Å². The van der Waals surface area contributed by atoms with E-state index in [1.807, 2.05) is 6.08 Å². The van der Waals surface area contributed by atoms with Gasteiger partial charge >= 0.3 is 5.97 Å². The van der Waals surface area contributed by atoms with Crippen molar-refractivity contribution in [1.29, 1.82) is 0 Å². The minimum Gasteiger partial charge on any atom is -0.465 e. The number of hydrogen-bond donors (Lipinski definition) is 2. The number of aliphatic hydroxyl groups excluding tert-OH is 1. The second-order valence-electron chi connectivity index (χ2n) is 8.21. The first kappa shape index (κ1) is 16.3. The maximum atomic E-state index is 11.5. The van der Waals surface area contributed by atoms with Gasteiger partial charge in [-0.3, -0.25) is 9.69 Å². The van der Waals surface area contributed by atoms with Crippen LogP contribution in [0.5, 0.6) is 0 Å². The fourth-order valence-electron chi connectivity index (χ4n) is 6.36. The third-order valence-corrected chi connectivity index (χ3v) is 7.26. The van der Waals surface area contributed by atoms with Gasteiger partial charge in [0.15, 0.2) is 0 Å². The van der Waals surface area contributed by atoms with Crippen LogP contribution in [0.15, 0.2) is 35.9 Å². The Morgan fingerprint density at radius 3 is 3.12 bits per heavy atom. The number of fused-ring (bicyclic) bond motifs is 2. The highest BCUT2D eigenvalue weighted by molar-refractivity contribution is 5.67. The number of piperidine rings is 1. The number of anilines is 1. The molecule has 0 amide bonds. The van der Waals surface area contributed by atoms with E-state index in [1.165, 1.54) is 23.7 Å². The zero-order valence-electron chi connectivity index (χ0n) is 15.1. The number of hydrogen-bond acceptors (Lipinski definition) is 5. The number of esters is 1. The van der Waals surface area contributed by atoms with Gasteiger partial charge in [-0.2, -0.15) is 0 Å². The molecular formula is C21H26N2O3. The monoisotopic (exact) mass is 354 g/mol. The van der Waals surface area contributed by atoms with Crippen molar-refractivity contribution in [2.45, 2.75) is 37.3 Å². The summed E-state index contributed by atoms with van der Waals surface area (Å²) < 4.78 is 5.53. The second-order valence-corrected chi connectivity index (χ2v) is 8.21. The van der Waals surface area contributed by atoms with Crippen LogP contribution < -0.4 is 5.32 Å². The molecule has 0 radical (unpaired) electrons. The van der Waals surface area contributed by atoms with Gasteiger partial charge in [-0.1, -0.05) is 29.8 Å². The average molecular weight is 354 g/mol. The molecule has 5 nitrogen and oxygen atoms in total. The molecule has 1 spiro atoms. The summed E-state index contributed by atoms with van der Waals surface area (Å²) in [5.41, 5.74) is 4.11. The van der Waals surface area contributed by atoms with Gasteiger partial charge < -0.3 is 15.2 Å². The Balaban J connectivity index is 1.61. The summed E-state index contributed by atoms with van der Waals surface area (Å²) >= 11 is 0. The van der Waals surface area contributed by atoms with Gasteiger partial charge in [-0.15, -0.1) is 0 Å². The van der Waals surface area contributed by atoms with Crippen LogP contribution in [-0.4, -0.2) is 54.4 Å². The van der Waals surface area contributed by atoms with Crippen LogP contribution >= 0.6 is 0 Å². The summed E-state index contributed by atoms with van der Waals surface area (Å²) in [6.45, 7) is 4.04. The Hall–Kier alpha value is -1.85. The van der Waals surface area contributed by atoms with Crippen molar-refractivity contribution in [2.24, 2.45) is 11.8 Å². The van der Waals surface area contributed by atoms with E-state index in [-0.39, 0.29) is 30.0 Å².